The quantitative estimate of drug-likeness (QED) is 0.185. The first-order chi connectivity index (χ1) is 20.1. The Morgan fingerprint density at radius 2 is 1.71 bits per heavy atom. The maximum absolute atomic E-state index is 13.7. The topological polar surface area (TPSA) is 139 Å². The third kappa shape index (κ3) is 7.11. The summed E-state index contributed by atoms with van der Waals surface area (Å²) in [6.45, 7) is 7.52. The van der Waals surface area contributed by atoms with Crippen molar-refractivity contribution >= 4 is 17.6 Å². The number of benzene rings is 3. The molecule has 2 atom stereocenters. The van der Waals surface area contributed by atoms with Crippen molar-refractivity contribution in [3.8, 4) is 17.0 Å². The van der Waals surface area contributed by atoms with Crippen LogP contribution in [0.15, 0.2) is 66.9 Å². The van der Waals surface area contributed by atoms with Gasteiger partial charge in [-0.15, -0.1) is 0 Å². The molecule has 0 aliphatic heterocycles. The number of nitrogens with one attached hydrogen (secondary N) is 3. The van der Waals surface area contributed by atoms with Crippen LogP contribution in [0.5, 0.6) is 5.75 Å². The molecule has 218 valence electrons. The Labute approximate surface area is 245 Å². The number of aryl methyl sites for hydroxylation is 2. The second kappa shape index (κ2) is 13.3. The number of primary amides is 1. The van der Waals surface area contributed by atoms with Gasteiger partial charge in [0.25, 0.3) is 0 Å². The Kier molecular flexibility index (Phi) is 9.54. The van der Waals surface area contributed by atoms with Crippen molar-refractivity contribution in [2.24, 2.45) is 5.73 Å². The van der Waals surface area contributed by atoms with Gasteiger partial charge in [-0.25, -0.2) is 4.98 Å². The third-order valence-electron chi connectivity index (χ3n) is 7.35. The molecule has 0 saturated heterocycles. The summed E-state index contributed by atoms with van der Waals surface area (Å²) in [6.07, 6.45) is 2.13. The summed E-state index contributed by atoms with van der Waals surface area (Å²) in [5, 5.41) is 6.47. The van der Waals surface area contributed by atoms with Gasteiger partial charge < -0.3 is 26.1 Å². The molecule has 1 aromatic heterocycles. The molecule has 0 spiro atoms. The first-order valence-corrected chi connectivity index (χ1v) is 13.8. The number of nitrogens with two attached hydrogens (primary N) is 1. The number of hydrogen-bond acceptors (Lipinski definition) is 6. The fourth-order valence-electron chi connectivity index (χ4n) is 5.00. The number of amides is 2. The molecule has 5 N–H and O–H groups in total. The van der Waals surface area contributed by atoms with Crippen molar-refractivity contribution in [3.05, 3.63) is 106 Å². The van der Waals surface area contributed by atoms with Crippen molar-refractivity contribution < 1.29 is 19.1 Å². The number of rotatable bonds is 12. The van der Waals surface area contributed by atoms with E-state index in [-0.39, 0.29) is 17.7 Å². The minimum absolute atomic E-state index is 0.106. The molecule has 0 radical (unpaired) electrons. The number of Topliss-reactive ketones (excluding diaryl/α,β-unsaturated/α-hetero) is 1. The van der Waals surface area contributed by atoms with Crippen molar-refractivity contribution in [1.29, 1.82) is 0 Å². The number of aromatic amines is 1. The number of ether oxygens (including phenoxy) is 1. The molecule has 2 amide bonds. The molecule has 0 aliphatic rings. The zero-order valence-corrected chi connectivity index (χ0v) is 24.6. The van der Waals surface area contributed by atoms with E-state index in [0.717, 1.165) is 33.5 Å². The molecule has 9 nitrogen and oxygen atoms in total. The summed E-state index contributed by atoms with van der Waals surface area (Å²) in [5.74, 6) is 0.330. The lowest BCUT2D eigenvalue weighted by Gasteiger charge is -2.23. The molecule has 0 bridgehead atoms. The van der Waals surface area contributed by atoms with Gasteiger partial charge in [-0.3, -0.25) is 14.4 Å². The van der Waals surface area contributed by atoms with Crippen LogP contribution in [0.2, 0.25) is 0 Å². The van der Waals surface area contributed by atoms with Crippen LogP contribution >= 0.6 is 0 Å². The van der Waals surface area contributed by atoms with Gasteiger partial charge in [-0.2, -0.15) is 0 Å². The zero-order chi connectivity index (χ0) is 30.4. The molecule has 2 unspecified atom stereocenters. The van der Waals surface area contributed by atoms with Crippen LogP contribution in [0, 0.1) is 13.8 Å². The van der Waals surface area contributed by atoms with Gasteiger partial charge in [-0.1, -0.05) is 36.4 Å². The van der Waals surface area contributed by atoms with E-state index < -0.39 is 11.9 Å². The van der Waals surface area contributed by atoms with Crippen LogP contribution in [0.25, 0.3) is 11.3 Å². The number of ketones is 1. The van der Waals surface area contributed by atoms with E-state index in [0.29, 0.717) is 35.7 Å². The third-order valence-corrected chi connectivity index (χ3v) is 7.35. The number of methoxy groups -OCH3 is 1. The first kappa shape index (κ1) is 30.2. The number of imidazole rings is 1. The normalized spacial score (nSPS) is 12.4. The minimum Gasteiger partial charge on any atom is -0.496 e. The fraction of sp³-hybridized carbons (Fsp3) is 0.273. The predicted molar refractivity (Wildman–Crippen MR) is 162 cm³/mol. The Balaban J connectivity index is 1.57. The van der Waals surface area contributed by atoms with Gasteiger partial charge in [-0.05, 0) is 86.2 Å². The van der Waals surface area contributed by atoms with Gasteiger partial charge in [0.05, 0.1) is 36.6 Å². The summed E-state index contributed by atoms with van der Waals surface area (Å²) >= 11 is 0. The van der Waals surface area contributed by atoms with Crippen LogP contribution in [0.1, 0.15) is 68.7 Å². The highest BCUT2D eigenvalue weighted by molar-refractivity contribution is 5.97. The van der Waals surface area contributed by atoms with E-state index in [9.17, 15) is 14.4 Å². The van der Waals surface area contributed by atoms with E-state index in [4.69, 9.17) is 10.5 Å². The largest absolute Gasteiger partial charge is 0.496 e. The van der Waals surface area contributed by atoms with E-state index in [1.54, 1.807) is 30.5 Å². The molecule has 3 aromatic carbocycles. The van der Waals surface area contributed by atoms with Crippen molar-refractivity contribution in [2.75, 3.05) is 7.11 Å². The molecule has 0 aliphatic carbocycles. The van der Waals surface area contributed by atoms with Gasteiger partial charge >= 0.3 is 0 Å². The van der Waals surface area contributed by atoms with Crippen LogP contribution < -0.4 is 21.1 Å². The van der Waals surface area contributed by atoms with Crippen LogP contribution in [-0.2, 0) is 17.8 Å². The predicted octanol–water partition coefficient (Wildman–Crippen LogP) is 4.58. The Bertz CT molecular complexity index is 1570. The Hall–Kier alpha value is -4.76. The van der Waals surface area contributed by atoms with Crippen molar-refractivity contribution in [3.63, 3.8) is 0 Å². The average Bonchev–Trinajstić information content (AvgIpc) is 3.47. The van der Waals surface area contributed by atoms with E-state index in [1.807, 2.05) is 57.2 Å². The van der Waals surface area contributed by atoms with Crippen LogP contribution in [0.4, 0.5) is 0 Å². The molecule has 4 rings (SSSR count). The lowest BCUT2D eigenvalue weighted by atomic mass is 9.93. The van der Waals surface area contributed by atoms with Gasteiger partial charge in [0.15, 0.2) is 5.78 Å². The van der Waals surface area contributed by atoms with Crippen molar-refractivity contribution in [1.82, 2.24) is 20.6 Å². The summed E-state index contributed by atoms with van der Waals surface area (Å²) in [5.41, 5.74) is 11.8. The molecule has 0 fully saturated rings. The number of carbonyl (C=O) groups excluding carboxylic acids is 3. The minimum atomic E-state index is -0.629. The van der Waals surface area contributed by atoms with Crippen LogP contribution in [0.3, 0.4) is 0 Å². The number of carbonyl (C=O) groups is 3. The number of nitrogens with zero attached hydrogens (tertiary/aromatic N) is 1. The Morgan fingerprint density at radius 1 is 1.02 bits per heavy atom. The summed E-state index contributed by atoms with van der Waals surface area (Å²) in [4.78, 5) is 45.5. The van der Waals surface area contributed by atoms with Crippen molar-refractivity contribution in [2.45, 2.75) is 52.7 Å². The highest BCUT2D eigenvalue weighted by Crippen LogP contribution is 2.23. The molecule has 1 heterocycles. The molecular formula is C33H37N5O4. The molecule has 4 aromatic rings. The molecule has 9 heteroatoms. The smallest absolute Gasteiger partial charge is 0.248 e. The van der Waals surface area contributed by atoms with Crippen LogP contribution in [-0.4, -0.2) is 40.7 Å². The maximum atomic E-state index is 13.7. The summed E-state index contributed by atoms with van der Waals surface area (Å²) in [7, 11) is 1.53. The lowest BCUT2D eigenvalue weighted by molar-refractivity contribution is -0.123. The van der Waals surface area contributed by atoms with Gasteiger partial charge in [0.2, 0.25) is 11.8 Å². The molecular weight excluding hydrogens is 530 g/mol. The monoisotopic (exact) mass is 567 g/mol. The van der Waals surface area contributed by atoms with E-state index >= 15 is 0 Å². The Morgan fingerprint density at radius 3 is 2.33 bits per heavy atom. The summed E-state index contributed by atoms with van der Waals surface area (Å²) < 4.78 is 5.33. The lowest BCUT2D eigenvalue weighted by Crippen LogP contribution is -2.46. The molecule has 42 heavy (non-hydrogen) atoms. The number of aromatic nitrogens is 2. The molecule has 0 saturated carbocycles. The van der Waals surface area contributed by atoms with Gasteiger partial charge in [0, 0.05) is 12.1 Å². The summed E-state index contributed by atoms with van der Waals surface area (Å²) in [6, 6.07) is 17.7. The fourth-order valence-corrected chi connectivity index (χ4v) is 5.00. The zero-order valence-electron chi connectivity index (χ0n) is 24.6. The second-order valence-corrected chi connectivity index (χ2v) is 10.5. The van der Waals surface area contributed by atoms with Gasteiger partial charge in [0.1, 0.15) is 11.6 Å². The van der Waals surface area contributed by atoms with E-state index in [1.165, 1.54) is 14.0 Å². The average molecular weight is 568 g/mol. The van der Waals surface area contributed by atoms with E-state index in [2.05, 4.69) is 20.6 Å². The standard InChI is InChI=1S/C33H37N5O4/c1-19-13-25(31(34)40)14-20(2)26(19)16-28(35-17-23-11-12-30(42-5)27(15-23)22(4)39)33(41)37-21(3)32-36-18-29(38-32)24-9-7-6-8-10-24/h6-15,18,21,28,35H,16-17H2,1-5H3,(H2,34,40)(H,36,38)(H,37,41). The maximum Gasteiger partial charge on any atom is 0.248 e. The number of H-pyrrole nitrogens is 1. The SMILES string of the molecule is COc1ccc(CNC(Cc2c(C)cc(C(N)=O)cc2C)C(=O)NC(C)c2ncc(-c3ccccc3)[nH]2)cc1C(C)=O. The first-order valence-electron chi connectivity index (χ1n) is 13.8. The highest BCUT2D eigenvalue weighted by atomic mass is 16.5. The second-order valence-electron chi connectivity index (χ2n) is 10.5. The highest BCUT2D eigenvalue weighted by Gasteiger charge is 2.24. The number of hydrogen-bond donors (Lipinski definition) is 4.